The molecular formula is C26H37NO3. The molecule has 0 aromatic heterocycles. The fraction of sp³-hybridized carbons (Fsp3) is 0.654. The van der Waals surface area contributed by atoms with Crippen LogP contribution in [0.2, 0.25) is 0 Å². The van der Waals surface area contributed by atoms with Gasteiger partial charge in [-0.1, -0.05) is 31.1 Å². The van der Waals surface area contributed by atoms with Crippen LogP contribution in [-0.4, -0.2) is 35.8 Å². The zero-order chi connectivity index (χ0) is 21.2. The number of carbonyl (C=O) groups excluding carboxylic acids is 1. The molecule has 4 rings (SSSR count). The average molecular weight is 412 g/mol. The Morgan fingerprint density at radius 1 is 1.03 bits per heavy atom. The Hall–Kier alpha value is -1.97. The highest BCUT2D eigenvalue weighted by atomic mass is 16.6. The standard InChI is InChI=1S/C26H37NO3/c1-25(2,3)30-24(28)27-18-12-21(13-19-27)20-6-8-22(9-7-20)29-23-10-16-26(17-11-23)14-4-5-15-26/h6-9,12,23H,4-5,10-11,13-19H2,1-3H3. The van der Waals surface area contributed by atoms with E-state index in [0.717, 1.165) is 12.2 Å². The number of nitrogens with zero attached hydrogens (tertiary/aromatic N) is 1. The van der Waals surface area contributed by atoms with E-state index in [9.17, 15) is 4.79 Å². The Morgan fingerprint density at radius 3 is 2.27 bits per heavy atom. The Balaban J connectivity index is 1.28. The fourth-order valence-corrected chi connectivity index (χ4v) is 5.31. The summed E-state index contributed by atoms with van der Waals surface area (Å²) in [7, 11) is 0. The molecule has 4 heteroatoms. The lowest BCUT2D eigenvalue weighted by atomic mass is 9.72. The largest absolute Gasteiger partial charge is 0.490 e. The fourth-order valence-electron chi connectivity index (χ4n) is 5.31. The molecule has 0 N–H and O–H groups in total. The van der Waals surface area contributed by atoms with Gasteiger partial charge in [0, 0.05) is 13.1 Å². The molecule has 0 unspecified atom stereocenters. The molecule has 3 aliphatic rings. The lowest BCUT2D eigenvalue weighted by Gasteiger charge is -2.37. The van der Waals surface area contributed by atoms with Gasteiger partial charge in [-0.3, -0.25) is 0 Å². The van der Waals surface area contributed by atoms with E-state index in [4.69, 9.17) is 9.47 Å². The summed E-state index contributed by atoms with van der Waals surface area (Å²) in [6.45, 7) is 7.01. The van der Waals surface area contributed by atoms with Crippen LogP contribution in [0.1, 0.15) is 84.1 Å². The van der Waals surface area contributed by atoms with Crippen LogP contribution < -0.4 is 4.74 Å². The summed E-state index contributed by atoms with van der Waals surface area (Å²) in [5.41, 5.74) is 2.72. The summed E-state index contributed by atoms with van der Waals surface area (Å²) in [4.78, 5) is 14.0. The number of hydrogen-bond donors (Lipinski definition) is 0. The van der Waals surface area contributed by atoms with Gasteiger partial charge in [-0.15, -0.1) is 0 Å². The van der Waals surface area contributed by atoms with E-state index >= 15 is 0 Å². The quantitative estimate of drug-likeness (QED) is 0.563. The smallest absolute Gasteiger partial charge is 0.410 e. The second-order valence-corrected chi connectivity index (χ2v) is 10.5. The maximum Gasteiger partial charge on any atom is 0.410 e. The van der Waals surface area contributed by atoms with Gasteiger partial charge in [0.05, 0.1) is 6.10 Å². The maximum absolute atomic E-state index is 12.2. The van der Waals surface area contributed by atoms with Crippen LogP contribution in [0.3, 0.4) is 0 Å². The molecule has 1 aromatic rings. The molecular weight excluding hydrogens is 374 g/mol. The third-order valence-electron chi connectivity index (χ3n) is 7.05. The van der Waals surface area contributed by atoms with Crippen LogP contribution in [0.4, 0.5) is 4.79 Å². The van der Waals surface area contributed by atoms with Crippen molar-refractivity contribution in [3.05, 3.63) is 35.9 Å². The van der Waals surface area contributed by atoms with Gasteiger partial charge in [0.1, 0.15) is 11.4 Å². The van der Waals surface area contributed by atoms with Crippen molar-refractivity contribution in [2.24, 2.45) is 5.41 Å². The Bertz CT molecular complexity index is 758. The van der Waals surface area contributed by atoms with Gasteiger partial charge in [-0.05, 0) is 94.4 Å². The van der Waals surface area contributed by atoms with Crippen molar-refractivity contribution >= 4 is 11.7 Å². The van der Waals surface area contributed by atoms with Crippen molar-refractivity contribution in [2.75, 3.05) is 13.1 Å². The highest BCUT2D eigenvalue weighted by molar-refractivity contribution is 5.72. The Morgan fingerprint density at radius 2 is 1.70 bits per heavy atom. The third-order valence-corrected chi connectivity index (χ3v) is 7.05. The molecule has 4 nitrogen and oxygen atoms in total. The lowest BCUT2D eigenvalue weighted by molar-refractivity contribution is 0.0270. The molecule has 1 spiro atoms. The minimum atomic E-state index is -0.451. The van der Waals surface area contributed by atoms with E-state index < -0.39 is 5.60 Å². The number of carbonyl (C=O) groups is 1. The topological polar surface area (TPSA) is 38.8 Å². The molecule has 2 fully saturated rings. The molecule has 0 radical (unpaired) electrons. The summed E-state index contributed by atoms with van der Waals surface area (Å²) < 4.78 is 11.8. The van der Waals surface area contributed by atoms with Crippen molar-refractivity contribution in [3.63, 3.8) is 0 Å². The van der Waals surface area contributed by atoms with Crippen molar-refractivity contribution in [2.45, 2.75) is 90.3 Å². The molecule has 1 aliphatic heterocycles. The second-order valence-electron chi connectivity index (χ2n) is 10.5. The molecule has 164 valence electrons. The Kier molecular flexibility index (Phi) is 6.13. The van der Waals surface area contributed by atoms with Gasteiger partial charge in [0.15, 0.2) is 0 Å². The molecule has 1 amide bonds. The van der Waals surface area contributed by atoms with Crippen molar-refractivity contribution in [1.29, 1.82) is 0 Å². The third kappa shape index (κ3) is 5.19. The monoisotopic (exact) mass is 411 g/mol. The highest BCUT2D eigenvalue weighted by Crippen LogP contribution is 2.49. The van der Waals surface area contributed by atoms with Gasteiger partial charge in [-0.2, -0.15) is 0 Å². The molecule has 0 atom stereocenters. The van der Waals surface area contributed by atoms with E-state index in [1.165, 1.54) is 62.5 Å². The second kappa shape index (κ2) is 8.64. The Labute approximate surface area is 181 Å². The normalized spacial score (nSPS) is 22.1. The average Bonchev–Trinajstić information content (AvgIpc) is 3.17. The minimum Gasteiger partial charge on any atom is -0.490 e. The lowest BCUT2D eigenvalue weighted by Crippen LogP contribution is -2.39. The predicted octanol–water partition coefficient (Wildman–Crippen LogP) is 6.59. The van der Waals surface area contributed by atoms with Crippen molar-refractivity contribution in [1.82, 2.24) is 4.90 Å². The number of amides is 1. The highest BCUT2D eigenvalue weighted by Gasteiger charge is 2.38. The van der Waals surface area contributed by atoms with E-state index in [0.29, 0.717) is 24.6 Å². The maximum atomic E-state index is 12.2. The van der Waals surface area contributed by atoms with Crippen LogP contribution in [0, 0.1) is 5.41 Å². The van der Waals surface area contributed by atoms with Crippen LogP contribution >= 0.6 is 0 Å². The number of benzene rings is 1. The van der Waals surface area contributed by atoms with Crippen molar-refractivity contribution in [3.8, 4) is 5.75 Å². The molecule has 0 bridgehead atoms. The zero-order valence-corrected chi connectivity index (χ0v) is 18.9. The molecule has 2 aliphatic carbocycles. The van der Waals surface area contributed by atoms with Gasteiger partial charge < -0.3 is 14.4 Å². The summed E-state index contributed by atoms with van der Waals surface area (Å²) in [6.07, 6.45) is 14.0. The van der Waals surface area contributed by atoms with Crippen LogP contribution in [0.15, 0.2) is 30.3 Å². The van der Waals surface area contributed by atoms with Gasteiger partial charge >= 0.3 is 6.09 Å². The van der Waals surface area contributed by atoms with Crippen LogP contribution in [0.25, 0.3) is 5.57 Å². The zero-order valence-electron chi connectivity index (χ0n) is 18.9. The first-order valence-corrected chi connectivity index (χ1v) is 11.8. The van der Waals surface area contributed by atoms with Gasteiger partial charge in [0.25, 0.3) is 0 Å². The van der Waals surface area contributed by atoms with Crippen LogP contribution in [-0.2, 0) is 4.74 Å². The number of ether oxygens (including phenoxy) is 2. The molecule has 0 saturated heterocycles. The first-order chi connectivity index (χ1) is 14.3. The first-order valence-electron chi connectivity index (χ1n) is 11.8. The van der Waals surface area contributed by atoms with E-state index in [1.807, 2.05) is 20.8 Å². The van der Waals surface area contributed by atoms with E-state index in [1.54, 1.807) is 4.90 Å². The van der Waals surface area contributed by atoms with Crippen LogP contribution in [0.5, 0.6) is 5.75 Å². The molecule has 2 saturated carbocycles. The predicted molar refractivity (Wildman–Crippen MR) is 121 cm³/mol. The van der Waals surface area contributed by atoms with Gasteiger partial charge in [0.2, 0.25) is 0 Å². The number of hydrogen-bond acceptors (Lipinski definition) is 3. The van der Waals surface area contributed by atoms with E-state index in [-0.39, 0.29) is 6.09 Å². The molecule has 30 heavy (non-hydrogen) atoms. The summed E-state index contributed by atoms with van der Waals surface area (Å²) in [6, 6.07) is 8.53. The number of rotatable bonds is 3. The SMILES string of the molecule is CC(C)(C)OC(=O)N1CC=C(c2ccc(OC3CCC4(CCCC4)CC3)cc2)CC1. The minimum absolute atomic E-state index is 0.228. The van der Waals surface area contributed by atoms with Gasteiger partial charge in [-0.25, -0.2) is 4.79 Å². The summed E-state index contributed by atoms with van der Waals surface area (Å²) in [5, 5.41) is 0. The first kappa shape index (κ1) is 21.3. The molecule has 1 aromatic carbocycles. The summed E-state index contributed by atoms with van der Waals surface area (Å²) >= 11 is 0. The summed E-state index contributed by atoms with van der Waals surface area (Å²) in [5.74, 6) is 0.984. The van der Waals surface area contributed by atoms with E-state index in [2.05, 4.69) is 30.3 Å². The molecule has 1 heterocycles. The van der Waals surface area contributed by atoms with Crippen molar-refractivity contribution < 1.29 is 14.3 Å².